The average Bonchev–Trinajstić information content (AvgIpc) is 2.92. The number of esters is 1. The van der Waals surface area contributed by atoms with Gasteiger partial charge in [-0.25, -0.2) is 9.18 Å². The summed E-state index contributed by atoms with van der Waals surface area (Å²) in [6.45, 7) is 3.59. The SMILES string of the molecule is CCOC(=O)c1sc(NC(=O)CCSc2ccc(F)cc2)c(C#N)c1C. The van der Waals surface area contributed by atoms with E-state index in [1.165, 1.54) is 23.9 Å². The van der Waals surface area contributed by atoms with Crippen LogP contribution in [0.5, 0.6) is 0 Å². The monoisotopic (exact) mass is 392 g/mol. The quantitative estimate of drug-likeness (QED) is 0.559. The normalized spacial score (nSPS) is 10.2. The number of nitrogens with one attached hydrogen (secondary N) is 1. The smallest absolute Gasteiger partial charge is 0.348 e. The fourth-order valence-corrected chi connectivity index (χ4v) is 4.03. The lowest BCUT2D eigenvalue weighted by atomic mass is 10.2. The van der Waals surface area contributed by atoms with Gasteiger partial charge in [-0.3, -0.25) is 4.79 Å². The molecule has 5 nitrogen and oxygen atoms in total. The molecule has 0 fully saturated rings. The topological polar surface area (TPSA) is 79.2 Å². The summed E-state index contributed by atoms with van der Waals surface area (Å²) in [5.74, 6) is -0.553. The number of carbonyl (C=O) groups excluding carboxylic acids is 2. The molecule has 1 aromatic carbocycles. The third kappa shape index (κ3) is 5.07. The van der Waals surface area contributed by atoms with Crippen LogP contribution in [0.15, 0.2) is 29.2 Å². The van der Waals surface area contributed by atoms with Gasteiger partial charge in [0.05, 0.1) is 12.2 Å². The highest BCUT2D eigenvalue weighted by atomic mass is 32.2. The molecule has 0 atom stereocenters. The average molecular weight is 392 g/mol. The molecule has 1 heterocycles. The molecule has 2 aromatic rings. The maximum atomic E-state index is 12.9. The molecular formula is C18H17FN2O3S2. The Balaban J connectivity index is 1.97. The Morgan fingerprint density at radius 3 is 2.65 bits per heavy atom. The molecule has 0 aliphatic carbocycles. The molecular weight excluding hydrogens is 375 g/mol. The van der Waals surface area contributed by atoms with Crippen molar-refractivity contribution in [2.45, 2.75) is 25.2 Å². The number of nitrogens with zero attached hydrogens (tertiary/aromatic N) is 1. The number of amides is 1. The van der Waals surface area contributed by atoms with Gasteiger partial charge in [0, 0.05) is 17.1 Å². The number of halogens is 1. The summed E-state index contributed by atoms with van der Waals surface area (Å²) in [5, 5.41) is 12.3. The van der Waals surface area contributed by atoms with Crippen molar-refractivity contribution in [1.82, 2.24) is 0 Å². The van der Waals surface area contributed by atoms with Gasteiger partial charge in [-0.15, -0.1) is 23.1 Å². The molecule has 0 saturated carbocycles. The van der Waals surface area contributed by atoms with Crippen LogP contribution in [0, 0.1) is 24.1 Å². The Labute approximate surface area is 159 Å². The Bertz CT molecular complexity index is 841. The third-order valence-corrected chi connectivity index (χ3v) is 5.58. The Morgan fingerprint density at radius 2 is 2.04 bits per heavy atom. The van der Waals surface area contributed by atoms with Crippen LogP contribution in [0.2, 0.25) is 0 Å². The van der Waals surface area contributed by atoms with Gasteiger partial charge >= 0.3 is 5.97 Å². The molecule has 0 bridgehead atoms. The van der Waals surface area contributed by atoms with Crippen molar-refractivity contribution in [3.05, 3.63) is 46.1 Å². The molecule has 2 rings (SSSR count). The molecule has 0 saturated heterocycles. The molecule has 0 radical (unpaired) electrons. The number of hydrogen-bond acceptors (Lipinski definition) is 6. The van der Waals surface area contributed by atoms with Crippen LogP contribution in [0.3, 0.4) is 0 Å². The molecule has 1 N–H and O–H groups in total. The van der Waals surface area contributed by atoms with Crippen molar-refractivity contribution in [3.8, 4) is 6.07 Å². The van der Waals surface area contributed by atoms with Crippen LogP contribution >= 0.6 is 23.1 Å². The first-order valence-electron chi connectivity index (χ1n) is 7.85. The fraction of sp³-hybridized carbons (Fsp3) is 0.278. The molecule has 26 heavy (non-hydrogen) atoms. The minimum absolute atomic E-state index is 0.221. The molecule has 1 aromatic heterocycles. The minimum atomic E-state index is -0.501. The van der Waals surface area contributed by atoms with Crippen molar-refractivity contribution >= 4 is 40.0 Å². The second-order valence-electron chi connectivity index (χ2n) is 5.19. The van der Waals surface area contributed by atoms with Gasteiger partial charge in [-0.05, 0) is 43.7 Å². The second kappa shape index (κ2) is 9.36. The zero-order chi connectivity index (χ0) is 19.1. The molecule has 0 aliphatic rings. The van der Waals surface area contributed by atoms with E-state index in [4.69, 9.17) is 4.74 Å². The summed E-state index contributed by atoms with van der Waals surface area (Å²) in [4.78, 5) is 25.2. The highest BCUT2D eigenvalue weighted by Gasteiger charge is 2.22. The summed E-state index contributed by atoms with van der Waals surface area (Å²) >= 11 is 2.48. The van der Waals surface area contributed by atoms with Crippen molar-refractivity contribution in [2.75, 3.05) is 17.7 Å². The van der Waals surface area contributed by atoms with E-state index in [0.717, 1.165) is 16.2 Å². The lowest BCUT2D eigenvalue weighted by molar-refractivity contribution is -0.115. The first kappa shape index (κ1) is 19.9. The van der Waals surface area contributed by atoms with Crippen LogP contribution in [0.25, 0.3) is 0 Å². The summed E-state index contributed by atoms with van der Waals surface area (Å²) in [7, 11) is 0. The highest BCUT2D eigenvalue weighted by Crippen LogP contribution is 2.33. The van der Waals surface area contributed by atoms with Gasteiger partial charge in [0.15, 0.2) is 0 Å². The maximum absolute atomic E-state index is 12.9. The molecule has 0 aliphatic heterocycles. The standard InChI is InChI=1S/C18H17FN2O3S2/c1-3-24-18(23)16-11(2)14(10-20)17(26-16)21-15(22)8-9-25-13-6-4-12(19)5-7-13/h4-7H,3,8-9H2,1-2H3,(H,21,22). The van der Waals surface area contributed by atoms with Crippen LogP contribution < -0.4 is 5.32 Å². The predicted octanol–water partition coefficient (Wildman–Crippen LogP) is 4.36. The van der Waals surface area contributed by atoms with Gasteiger partial charge in [-0.2, -0.15) is 5.26 Å². The first-order chi connectivity index (χ1) is 12.5. The second-order valence-corrected chi connectivity index (χ2v) is 7.38. The lowest BCUT2D eigenvalue weighted by Gasteiger charge is -2.04. The number of thioether (sulfide) groups is 1. The third-order valence-electron chi connectivity index (χ3n) is 3.38. The summed E-state index contributed by atoms with van der Waals surface area (Å²) in [5.41, 5.74) is 0.782. The first-order valence-corrected chi connectivity index (χ1v) is 9.65. The van der Waals surface area contributed by atoms with E-state index in [1.54, 1.807) is 26.0 Å². The molecule has 0 spiro atoms. The van der Waals surface area contributed by atoms with Crippen LogP contribution in [-0.4, -0.2) is 24.2 Å². The zero-order valence-corrected chi connectivity index (χ0v) is 15.9. The van der Waals surface area contributed by atoms with E-state index in [0.29, 0.717) is 21.2 Å². The van der Waals surface area contributed by atoms with Gasteiger partial charge in [0.25, 0.3) is 0 Å². The maximum Gasteiger partial charge on any atom is 0.348 e. The van der Waals surface area contributed by atoms with Crippen LogP contribution in [0.1, 0.15) is 34.1 Å². The molecule has 0 unspecified atom stereocenters. The molecule has 1 amide bonds. The molecule has 136 valence electrons. The number of ether oxygens (including phenoxy) is 1. The van der Waals surface area contributed by atoms with Crippen molar-refractivity contribution in [2.24, 2.45) is 0 Å². The number of rotatable bonds is 7. The lowest BCUT2D eigenvalue weighted by Crippen LogP contribution is -2.12. The van der Waals surface area contributed by atoms with E-state index >= 15 is 0 Å². The Hall–Kier alpha value is -2.37. The minimum Gasteiger partial charge on any atom is -0.462 e. The number of anilines is 1. The van der Waals surface area contributed by atoms with E-state index in [1.807, 2.05) is 6.07 Å². The van der Waals surface area contributed by atoms with Crippen molar-refractivity contribution in [3.63, 3.8) is 0 Å². The van der Waals surface area contributed by atoms with E-state index in [2.05, 4.69) is 5.32 Å². The van der Waals surface area contributed by atoms with E-state index < -0.39 is 5.97 Å². The van der Waals surface area contributed by atoms with Gasteiger partial charge in [0.2, 0.25) is 5.91 Å². The Morgan fingerprint density at radius 1 is 1.35 bits per heavy atom. The van der Waals surface area contributed by atoms with Gasteiger partial charge in [-0.1, -0.05) is 0 Å². The number of nitriles is 1. The largest absolute Gasteiger partial charge is 0.462 e. The summed E-state index contributed by atoms with van der Waals surface area (Å²) in [6, 6.07) is 8.06. The predicted molar refractivity (Wildman–Crippen MR) is 100 cm³/mol. The van der Waals surface area contributed by atoms with E-state index in [9.17, 15) is 19.2 Å². The number of carbonyl (C=O) groups is 2. The summed E-state index contributed by atoms with van der Waals surface area (Å²) in [6.07, 6.45) is 0.221. The Kier molecular flexibility index (Phi) is 7.18. The van der Waals surface area contributed by atoms with Crippen molar-refractivity contribution in [1.29, 1.82) is 5.26 Å². The number of benzene rings is 1. The number of thiophene rings is 1. The number of hydrogen-bond donors (Lipinski definition) is 1. The molecule has 8 heteroatoms. The van der Waals surface area contributed by atoms with Gasteiger partial charge in [0.1, 0.15) is 21.8 Å². The fourth-order valence-electron chi connectivity index (χ4n) is 2.11. The zero-order valence-electron chi connectivity index (χ0n) is 14.3. The van der Waals surface area contributed by atoms with E-state index in [-0.39, 0.29) is 30.3 Å². The van der Waals surface area contributed by atoms with Gasteiger partial charge < -0.3 is 10.1 Å². The van der Waals surface area contributed by atoms with Crippen LogP contribution in [0.4, 0.5) is 9.39 Å². The summed E-state index contributed by atoms with van der Waals surface area (Å²) < 4.78 is 17.8. The van der Waals surface area contributed by atoms with Crippen LogP contribution in [-0.2, 0) is 9.53 Å². The van der Waals surface area contributed by atoms with Crippen molar-refractivity contribution < 1.29 is 18.7 Å². The highest BCUT2D eigenvalue weighted by molar-refractivity contribution is 7.99.